The predicted molar refractivity (Wildman–Crippen MR) is 110 cm³/mol. The summed E-state index contributed by atoms with van der Waals surface area (Å²) in [7, 11) is 0. The summed E-state index contributed by atoms with van der Waals surface area (Å²) in [5, 5.41) is 2.92. The largest absolute Gasteiger partial charge is 0.354 e. The highest BCUT2D eigenvalue weighted by atomic mass is 32.2. The van der Waals surface area contributed by atoms with Crippen molar-refractivity contribution in [1.29, 1.82) is 0 Å². The van der Waals surface area contributed by atoms with E-state index in [9.17, 15) is 9.59 Å². The third-order valence-electron chi connectivity index (χ3n) is 4.07. The second-order valence-electron chi connectivity index (χ2n) is 6.12. The van der Waals surface area contributed by atoms with Crippen molar-refractivity contribution in [2.45, 2.75) is 17.6 Å². The maximum Gasteiger partial charge on any atom is 0.240 e. The van der Waals surface area contributed by atoms with Crippen molar-refractivity contribution >= 4 is 41.0 Å². The van der Waals surface area contributed by atoms with Gasteiger partial charge in [0, 0.05) is 22.9 Å². The Hall–Kier alpha value is -1.92. The molecule has 1 aliphatic heterocycles. The highest BCUT2D eigenvalue weighted by Gasteiger charge is 2.25. The summed E-state index contributed by atoms with van der Waals surface area (Å²) >= 11 is 3.32. The summed E-state index contributed by atoms with van der Waals surface area (Å²) in [6.45, 7) is 2.77. The van der Waals surface area contributed by atoms with E-state index in [0.717, 1.165) is 22.1 Å². The van der Waals surface area contributed by atoms with Crippen LogP contribution in [0.2, 0.25) is 0 Å². The zero-order valence-electron chi connectivity index (χ0n) is 14.7. The van der Waals surface area contributed by atoms with E-state index in [1.807, 2.05) is 24.3 Å². The molecule has 0 spiro atoms. The van der Waals surface area contributed by atoms with Crippen molar-refractivity contribution in [2.75, 3.05) is 29.5 Å². The molecule has 1 N–H and O–H groups in total. The third-order valence-corrected chi connectivity index (χ3v) is 6.15. The number of carbonyl (C=O) groups is 2. The molecule has 0 atom stereocenters. The predicted octanol–water partition coefficient (Wildman–Crippen LogP) is 3.48. The number of anilines is 1. The number of amides is 2. The molecule has 0 aliphatic carbocycles. The van der Waals surface area contributed by atoms with Crippen LogP contribution in [0.5, 0.6) is 0 Å². The average molecular weight is 387 g/mol. The molecule has 2 amide bonds. The number of hydrogen-bond acceptors (Lipinski definition) is 4. The number of nitrogens with zero attached hydrogens (tertiary/aromatic N) is 1. The van der Waals surface area contributed by atoms with Crippen LogP contribution in [0.3, 0.4) is 0 Å². The average Bonchev–Trinajstić information content (AvgIpc) is 2.65. The lowest BCUT2D eigenvalue weighted by atomic mass is 10.2. The summed E-state index contributed by atoms with van der Waals surface area (Å²) in [5.74, 6) is 2.04. The highest BCUT2D eigenvalue weighted by Crippen LogP contribution is 2.34. The van der Waals surface area contributed by atoms with Crippen molar-refractivity contribution in [3.05, 3.63) is 59.7 Å². The van der Waals surface area contributed by atoms with Gasteiger partial charge in [0.25, 0.3) is 0 Å². The molecule has 0 unspecified atom stereocenters. The Morgan fingerprint density at radius 2 is 1.96 bits per heavy atom. The molecule has 1 heterocycles. The number of benzene rings is 2. The lowest BCUT2D eigenvalue weighted by molar-refractivity contribution is -0.122. The van der Waals surface area contributed by atoms with Crippen LogP contribution in [0, 0.1) is 6.92 Å². The number of aryl methyl sites for hydroxylation is 1. The van der Waals surface area contributed by atoms with Gasteiger partial charge in [-0.25, -0.2) is 0 Å². The van der Waals surface area contributed by atoms with E-state index in [1.165, 1.54) is 22.9 Å². The number of rotatable bonds is 7. The van der Waals surface area contributed by atoms with Gasteiger partial charge < -0.3 is 10.2 Å². The van der Waals surface area contributed by atoms with Gasteiger partial charge in [0.15, 0.2) is 0 Å². The summed E-state index contributed by atoms with van der Waals surface area (Å²) in [4.78, 5) is 27.0. The van der Waals surface area contributed by atoms with E-state index in [1.54, 1.807) is 16.7 Å². The van der Waals surface area contributed by atoms with Crippen LogP contribution in [-0.2, 0) is 15.3 Å². The second kappa shape index (κ2) is 9.14. The van der Waals surface area contributed by atoms with Gasteiger partial charge >= 0.3 is 0 Å². The van der Waals surface area contributed by atoms with Crippen molar-refractivity contribution in [2.24, 2.45) is 0 Å². The van der Waals surface area contributed by atoms with E-state index in [2.05, 4.69) is 36.5 Å². The SMILES string of the molecule is Cc1ccc(CSCCNC(=O)CN2C(=O)CSc3ccccc32)cc1. The van der Waals surface area contributed by atoms with Gasteiger partial charge in [-0.2, -0.15) is 11.8 Å². The molecule has 4 nitrogen and oxygen atoms in total. The first-order chi connectivity index (χ1) is 12.6. The lowest BCUT2D eigenvalue weighted by Crippen LogP contribution is -2.43. The number of thioether (sulfide) groups is 2. The maximum atomic E-state index is 12.2. The Bertz CT molecular complexity index is 778. The molecule has 26 heavy (non-hydrogen) atoms. The van der Waals surface area contributed by atoms with Crippen molar-refractivity contribution in [3.63, 3.8) is 0 Å². The molecule has 2 aromatic carbocycles. The molecular weight excluding hydrogens is 364 g/mol. The number of nitrogens with one attached hydrogen (secondary N) is 1. The van der Waals surface area contributed by atoms with E-state index in [-0.39, 0.29) is 18.4 Å². The van der Waals surface area contributed by atoms with Crippen LogP contribution in [0.25, 0.3) is 0 Å². The molecule has 3 rings (SSSR count). The molecule has 6 heteroatoms. The fourth-order valence-corrected chi connectivity index (χ4v) is 4.42. The molecule has 0 radical (unpaired) electrons. The zero-order valence-corrected chi connectivity index (χ0v) is 16.4. The summed E-state index contributed by atoms with van der Waals surface area (Å²) in [6.07, 6.45) is 0. The summed E-state index contributed by atoms with van der Waals surface area (Å²) in [6, 6.07) is 16.2. The Balaban J connectivity index is 1.42. The minimum absolute atomic E-state index is 0.0161. The minimum Gasteiger partial charge on any atom is -0.354 e. The first-order valence-electron chi connectivity index (χ1n) is 8.55. The third kappa shape index (κ3) is 5.05. The van der Waals surface area contributed by atoms with Gasteiger partial charge in [-0.05, 0) is 24.6 Å². The first-order valence-corrected chi connectivity index (χ1v) is 10.7. The second-order valence-corrected chi connectivity index (χ2v) is 8.25. The highest BCUT2D eigenvalue weighted by molar-refractivity contribution is 8.00. The summed E-state index contributed by atoms with van der Waals surface area (Å²) in [5.41, 5.74) is 3.39. The lowest BCUT2D eigenvalue weighted by Gasteiger charge is -2.28. The molecular formula is C20H22N2O2S2. The van der Waals surface area contributed by atoms with Gasteiger partial charge in [0.2, 0.25) is 11.8 Å². The van der Waals surface area contributed by atoms with Crippen LogP contribution >= 0.6 is 23.5 Å². The quantitative estimate of drug-likeness (QED) is 0.740. The van der Waals surface area contributed by atoms with Crippen LogP contribution in [-0.4, -0.2) is 36.4 Å². The fourth-order valence-electron chi connectivity index (χ4n) is 2.66. The van der Waals surface area contributed by atoms with E-state index >= 15 is 0 Å². The molecule has 0 bridgehead atoms. The van der Waals surface area contributed by atoms with Crippen molar-refractivity contribution < 1.29 is 9.59 Å². The van der Waals surface area contributed by atoms with Crippen LogP contribution < -0.4 is 10.2 Å². The van der Waals surface area contributed by atoms with E-state index in [4.69, 9.17) is 0 Å². The summed E-state index contributed by atoms with van der Waals surface area (Å²) < 4.78 is 0. The standard InChI is InChI=1S/C20H22N2O2S2/c1-15-6-8-16(9-7-15)13-25-11-10-21-19(23)12-22-17-4-2-3-5-18(17)26-14-20(22)24/h2-9H,10-14H2,1H3,(H,21,23). The topological polar surface area (TPSA) is 49.4 Å². The van der Waals surface area contributed by atoms with Gasteiger partial charge in [-0.15, -0.1) is 11.8 Å². The molecule has 1 aliphatic rings. The normalized spacial score (nSPS) is 13.4. The van der Waals surface area contributed by atoms with Gasteiger partial charge in [0.1, 0.15) is 6.54 Å². The number of hydrogen-bond donors (Lipinski definition) is 1. The number of carbonyl (C=O) groups excluding carboxylic acids is 2. The van der Waals surface area contributed by atoms with Crippen LogP contribution in [0.4, 0.5) is 5.69 Å². The molecule has 0 aromatic heterocycles. The smallest absolute Gasteiger partial charge is 0.240 e. The van der Waals surface area contributed by atoms with Crippen LogP contribution in [0.15, 0.2) is 53.4 Å². The van der Waals surface area contributed by atoms with Crippen molar-refractivity contribution in [3.8, 4) is 0 Å². The number of fused-ring (bicyclic) bond motifs is 1. The Morgan fingerprint density at radius 3 is 2.77 bits per heavy atom. The fraction of sp³-hybridized carbons (Fsp3) is 0.300. The van der Waals surface area contributed by atoms with E-state index in [0.29, 0.717) is 12.3 Å². The zero-order chi connectivity index (χ0) is 18.4. The van der Waals surface area contributed by atoms with Crippen LogP contribution in [0.1, 0.15) is 11.1 Å². The molecule has 0 saturated carbocycles. The Kier molecular flexibility index (Phi) is 6.63. The maximum absolute atomic E-state index is 12.2. The van der Waals surface area contributed by atoms with E-state index < -0.39 is 0 Å². The molecule has 0 saturated heterocycles. The molecule has 0 fully saturated rings. The molecule has 136 valence electrons. The van der Waals surface area contributed by atoms with Crippen molar-refractivity contribution in [1.82, 2.24) is 5.32 Å². The Labute approximate surface area is 162 Å². The van der Waals surface area contributed by atoms with Gasteiger partial charge in [-0.3, -0.25) is 9.59 Å². The Morgan fingerprint density at radius 1 is 1.19 bits per heavy atom. The van der Waals surface area contributed by atoms with Gasteiger partial charge in [-0.1, -0.05) is 42.0 Å². The van der Waals surface area contributed by atoms with Gasteiger partial charge in [0.05, 0.1) is 11.4 Å². The molecule has 2 aromatic rings. The monoisotopic (exact) mass is 386 g/mol. The minimum atomic E-state index is -0.115. The number of para-hydroxylation sites is 1. The first kappa shape index (κ1) is 18.9.